The van der Waals surface area contributed by atoms with Crippen molar-refractivity contribution < 1.29 is 0 Å². The summed E-state index contributed by atoms with van der Waals surface area (Å²) in [6, 6.07) is 0. The van der Waals surface area contributed by atoms with Crippen LogP contribution >= 0.6 is 23.2 Å². The quantitative estimate of drug-likeness (QED) is 0.563. The molecule has 0 saturated carbocycles. The summed E-state index contributed by atoms with van der Waals surface area (Å²) < 4.78 is 0. The van der Waals surface area contributed by atoms with E-state index in [0.29, 0.717) is 0 Å². The third-order valence-electron chi connectivity index (χ3n) is 3.54. The molecule has 0 aliphatic heterocycles. The summed E-state index contributed by atoms with van der Waals surface area (Å²) in [6.07, 6.45) is 19.9. The highest BCUT2D eigenvalue weighted by Crippen LogP contribution is 2.34. The van der Waals surface area contributed by atoms with Gasteiger partial charge in [-0.2, -0.15) is 0 Å². The average Bonchev–Trinajstić information content (AvgIpc) is 2.38. The lowest BCUT2D eigenvalue weighted by atomic mass is 9.84. The summed E-state index contributed by atoms with van der Waals surface area (Å²) in [4.78, 5) is 0. The van der Waals surface area contributed by atoms with Gasteiger partial charge in [-0.05, 0) is 23.1 Å². The molecule has 0 saturated heterocycles. The van der Waals surface area contributed by atoms with Crippen molar-refractivity contribution >= 4 is 23.2 Å². The van der Waals surface area contributed by atoms with E-state index in [4.69, 9.17) is 23.2 Å². The lowest BCUT2D eigenvalue weighted by molar-refractivity contribution is 0.790. The monoisotopic (exact) mass is 276 g/mol. The predicted molar refractivity (Wildman–Crippen MR) is 79.1 cm³/mol. The summed E-state index contributed by atoms with van der Waals surface area (Å²) in [5, 5.41) is 0.0598. The van der Waals surface area contributed by atoms with Crippen molar-refractivity contribution in [1.82, 2.24) is 0 Å². The van der Waals surface area contributed by atoms with E-state index in [-0.39, 0.29) is 16.7 Å². The number of rotatable bonds is 0. The van der Waals surface area contributed by atoms with Crippen LogP contribution in [0, 0.1) is 5.92 Å². The molecule has 3 atom stereocenters. The molecule has 0 fully saturated rings. The van der Waals surface area contributed by atoms with Crippen LogP contribution < -0.4 is 0 Å². The van der Waals surface area contributed by atoms with Crippen molar-refractivity contribution in [2.75, 3.05) is 0 Å². The molecule has 0 amide bonds. The van der Waals surface area contributed by atoms with E-state index in [1.807, 2.05) is 0 Å². The first kappa shape index (κ1) is 12.1. The molecule has 3 aliphatic rings. The second-order valence-electron chi connectivity index (χ2n) is 4.73. The SMILES string of the molecule is ClC1CC=CC2=C1/C=C1/C=CC=CC1C(Cl)C=C2. The molecule has 3 aliphatic carbocycles. The molecule has 0 nitrogen and oxygen atoms in total. The number of fused-ring (bicyclic) bond motifs is 1. The predicted octanol–water partition coefficient (Wildman–Crippen LogP) is 4.70. The molecule has 0 aromatic heterocycles. The van der Waals surface area contributed by atoms with Gasteiger partial charge in [-0.25, -0.2) is 0 Å². The highest BCUT2D eigenvalue weighted by Gasteiger charge is 2.23. The van der Waals surface area contributed by atoms with Gasteiger partial charge in [-0.15, -0.1) is 23.2 Å². The second-order valence-corrected chi connectivity index (χ2v) is 5.76. The van der Waals surface area contributed by atoms with Crippen molar-refractivity contribution in [3.8, 4) is 0 Å². The van der Waals surface area contributed by atoms with Crippen molar-refractivity contribution in [3.63, 3.8) is 0 Å². The number of alkyl halides is 2. The zero-order valence-electron chi connectivity index (χ0n) is 9.89. The second kappa shape index (κ2) is 4.95. The van der Waals surface area contributed by atoms with Gasteiger partial charge in [-0.1, -0.05) is 54.7 Å². The maximum atomic E-state index is 6.44. The maximum absolute atomic E-state index is 6.44. The van der Waals surface area contributed by atoms with Gasteiger partial charge in [0.1, 0.15) is 0 Å². The molecule has 92 valence electrons. The number of halogens is 2. The Morgan fingerprint density at radius 3 is 2.78 bits per heavy atom. The molecule has 0 radical (unpaired) electrons. The Bertz CT molecular complexity index is 529. The van der Waals surface area contributed by atoms with E-state index in [1.165, 1.54) is 16.7 Å². The Labute approximate surface area is 118 Å². The Morgan fingerprint density at radius 1 is 1.00 bits per heavy atom. The van der Waals surface area contributed by atoms with Gasteiger partial charge in [-0.3, -0.25) is 0 Å². The minimum Gasteiger partial charge on any atom is -0.117 e. The lowest BCUT2D eigenvalue weighted by Gasteiger charge is -2.25. The van der Waals surface area contributed by atoms with E-state index in [2.05, 4.69) is 54.7 Å². The summed E-state index contributed by atoms with van der Waals surface area (Å²) in [6.45, 7) is 0. The molecule has 0 N–H and O–H groups in total. The minimum absolute atomic E-state index is 0.00407. The number of hydrogen-bond donors (Lipinski definition) is 0. The molecule has 0 aromatic rings. The molecule has 3 rings (SSSR count). The van der Waals surface area contributed by atoms with Gasteiger partial charge in [0.2, 0.25) is 0 Å². The first-order chi connectivity index (χ1) is 8.75. The highest BCUT2D eigenvalue weighted by molar-refractivity contribution is 6.23. The van der Waals surface area contributed by atoms with Crippen LogP contribution in [-0.2, 0) is 0 Å². The molecular weight excluding hydrogens is 263 g/mol. The molecule has 3 unspecified atom stereocenters. The first-order valence-corrected chi connectivity index (χ1v) is 7.06. The Balaban J connectivity index is 2.12. The fourth-order valence-corrected chi connectivity index (χ4v) is 3.14. The van der Waals surface area contributed by atoms with Crippen molar-refractivity contribution in [1.29, 1.82) is 0 Å². The normalized spacial score (nSPS) is 36.6. The molecule has 18 heavy (non-hydrogen) atoms. The van der Waals surface area contributed by atoms with Gasteiger partial charge < -0.3 is 0 Å². The molecular formula is C16H14Cl2. The Morgan fingerprint density at radius 2 is 1.89 bits per heavy atom. The van der Waals surface area contributed by atoms with Crippen LogP contribution in [0.2, 0.25) is 0 Å². The largest absolute Gasteiger partial charge is 0.117 e. The van der Waals surface area contributed by atoms with Gasteiger partial charge in [0.05, 0.1) is 10.8 Å². The van der Waals surface area contributed by atoms with Gasteiger partial charge in [0.15, 0.2) is 0 Å². The average molecular weight is 277 g/mol. The number of allylic oxidation sites excluding steroid dienone is 12. The topological polar surface area (TPSA) is 0 Å². The summed E-state index contributed by atoms with van der Waals surface area (Å²) >= 11 is 12.9. The van der Waals surface area contributed by atoms with E-state index >= 15 is 0 Å². The molecule has 0 heterocycles. The van der Waals surface area contributed by atoms with Crippen LogP contribution in [0.5, 0.6) is 0 Å². The van der Waals surface area contributed by atoms with E-state index in [0.717, 1.165) is 6.42 Å². The first-order valence-electron chi connectivity index (χ1n) is 6.19. The third kappa shape index (κ3) is 2.15. The number of hydrogen-bond acceptors (Lipinski definition) is 0. The zero-order chi connectivity index (χ0) is 12.5. The molecule has 0 spiro atoms. The molecule has 0 bridgehead atoms. The van der Waals surface area contributed by atoms with E-state index in [1.54, 1.807) is 0 Å². The molecule has 2 heteroatoms. The van der Waals surface area contributed by atoms with Crippen LogP contribution in [0.25, 0.3) is 0 Å². The molecule has 0 aromatic carbocycles. The summed E-state index contributed by atoms with van der Waals surface area (Å²) in [7, 11) is 0. The van der Waals surface area contributed by atoms with Crippen molar-refractivity contribution in [3.05, 3.63) is 71.4 Å². The van der Waals surface area contributed by atoms with Gasteiger partial charge in [0.25, 0.3) is 0 Å². The third-order valence-corrected chi connectivity index (χ3v) is 4.37. The Kier molecular flexibility index (Phi) is 3.32. The minimum atomic E-state index is -0.00407. The lowest BCUT2D eigenvalue weighted by Crippen LogP contribution is -2.17. The van der Waals surface area contributed by atoms with Gasteiger partial charge in [0, 0.05) is 5.92 Å². The smallest absolute Gasteiger partial charge is 0.0625 e. The summed E-state index contributed by atoms with van der Waals surface area (Å²) in [5.41, 5.74) is 3.63. The fourth-order valence-electron chi connectivity index (χ4n) is 2.55. The van der Waals surface area contributed by atoms with Crippen LogP contribution in [0.3, 0.4) is 0 Å². The summed E-state index contributed by atoms with van der Waals surface area (Å²) in [5.74, 6) is 0.247. The standard InChI is InChI=1S/C16H14Cl2/c17-15-7-3-5-11-8-9-16(18)13-6-2-1-4-12(13)10-14(11)15/h1-6,8-10,13,15-16H,7H2/b9-8?,12-10-. The van der Waals surface area contributed by atoms with Gasteiger partial charge >= 0.3 is 0 Å². The van der Waals surface area contributed by atoms with Crippen LogP contribution in [0.4, 0.5) is 0 Å². The van der Waals surface area contributed by atoms with Crippen LogP contribution in [0.15, 0.2) is 71.4 Å². The van der Waals surface area contributed by atoms with E-state index in [9.17, 15) is 0 Å². The van der Waals surface area contributed by atoms with Crippen molar-refractivity contribution in [2.24, 2.45) is 5.92 Å². The fraction of sp³-hybridized carbons (Fsp3) is 0.250. The highest BCUT2D eigenvalue weighted by atomic mass is 35.5. The van der Waals surface area contributed by atoms with Crippen LogP contribution in [0.1, 0.15) is 6.42 Å². The zero-order valence-corrected chi connectivity index (χ0v) is 11.4. The van der Waals surface area contributed by atoms with E-state index < -0.39 is 0 Å². The van der Waals surface area contributed by atoms with Crippen molar-refractivity contribution in [2.45, 2.75) is 17.2 Å². The Hall–Kier alpha value is -0.980. The van der Waals surface area contributed by atoms with Crippen LogP contribution in [-0.4, -0.2) is 10.8 Å². The maximum Gasteiger partial charge on any atom is 0.0625 e.